The molecule has 6 nitrogen and oxygen atoms in total. The van der Waals surface area contributed by atoms with Gasteiger partial charge in [0.25, 0.3) is 0 Å². The molecular weight excluding hydrogens is 224 g/mol. The number of carbonyl (C=O) groups excluding carboxylic acids is 1. The molecule has 0 fully saturated rings. The van der Waals surface area contributed by atoms with Crippen LogP contribution >= 0.6 is 0 Å². The number of aryl methyl sites for hydroxylation is 2. The molecule has 0 aliphatic carbocycles. The van der Waals surface area contributed by atoms with Crippen molar-refractivity contribution >= 4 is 11.9 Å². The molecule has 1 N–H and O–H groups in total. The van der Waals surface area contributed by atoms with Crippen LogP contribution in [0.15, 0.2) is 6.20 Å². The van der Waals surface area contributed by atoms with Gasteiger partial charge in [-0.15, -0.1) is 0 Å². The Morgan fingerprint density at radius 2 is 2.24 bits per heavy atom. The Labute approximate surface area is 99.2 Å². The second-order valence-corrected chi connectivity index (χ2v) is 3.64. The van der Waals surface area contributed by atoms with Crippen LogP contribution in [0.25, 0.3) is 0 Å². The number of carboxylic acids is 1. The minimum atomic E-state index is -0.841. The summed E-state index contributed by atoms with van der Waals surface area (Å²) in [6.07, 6.45) is 2.78. The standard InChI is InChI=1S/C11H16N2O4/c1-3-17-11(16)10-8(7-13(2)12-10)5-4-6-9(14)15/h7H,3-6H2,1-2H3,(H,14,15). The molecular formula is C11H16N2O4. The van der Waals surface area contributed by atoms with Gasteiger partial charge in [-0.05, 0) is 19.8 Å². The van der Waals surface area contributed by atoms with Crippen LogP contribution in [-0.4, -0.2) is 33.4 Å². The zero-order valence-corrected chi connectivity index (χ0v) is 9.97. The highest BCUT2D eigenvalue weighted by molar-refractivity contribution is 5.88. The molecule has 17 heavy (non-hydrogen) atoms. The molecule has 6 heteroatoms. The molecule has 1 heterocycles. The fraction of sp³-hybridized carbons (Fsp3) is 0.545. The topological polar surface area (TPSA) is 81.4 Å². The summed E-state index contributed by atoms with van der Waals surface area (Å²) >= 11 is 0. The molecule has 1 aromatic heterocycles. The number of rotatable bonds is 6. The molecule has 0 saturated carbocycles. The van der Waals surface area contributed by atoms with Crippen LogP contribution in [0.4, 0.5) is 0 Å². The van der Waals surface area contributed by atoms with Gasteiger partial charge in [0.1, 0.15) is 0 Å². The minimum Gasteiger partial charge on any atom is -0.481 e. The van der Waals surface area contributed by atoms with Gasteiger partial charge in [0.05, 0.1) is 6.61 Å². The predicted molar refractivity (Wildman–Crippen MR) is 59.7 cm³/mol. The second kappa shape index (κ2) is 6.03. The second-order valence-electron chi connectivity index (χ2n) is 3.64. The molecule has 1 aromatic rings. The number of ether oxygens (including phenoxy) is 1. The van der Waals surface area contributed by atoms with E-state index in [1.54, 1.807) is 20.2 Å². The fourth-order valence-electron chi connectivity index (χ4n) is 1.52. The molecule has 0 aromatic carbocycles. The quantitative estimate of drug-likeness (QED) is 0.750. The molecule has 0 aliphatic heterocycles. The van der Waals surface area contributed by atoms with Gasteiger partial charge in [0.2, 0.25) is 0 Å². The summed E-state index contributed by atoms with van der Waals surface area (Å²) in [6, 6.07) is 0. The Morgan fingerprint density at radius 1 is 1.53 bits per heavy atom. The number of hydrogen-bond donors (Lipinski definition) is 1. The number of aliphatic carboxylic acids is 1. The molecule has 0 amide bonds. The largest absolute Gasteiger partial charge is 0.481 e. The van der Waals surface area contributed by atoms with E-state index in [1.165, 1.54) is 4.68 Å². The van der Waals surface area contributed by atoms with Gasteiger partial charge in [-0.1, -0.05) is 0 Å². The Balaban J connectivity index is 2.70. The number of carbonyl (C=O) groups is 2. The lowest BCUT2D eigenvalue weighted by Gasteiger charge is -2.01. The van der Waals surface area contributed by atoms with E-state index in [-0.39, 0.29) is 12.1 Å². The highest BCUT2D eigenvalue weighted by Crippen LogP contribution is 2.11. The SMILES string of the molecule is CCOC(=O)c1nn(C)cc1CCCC(=O)O. The number of hydrogen-bond acceptors (Lipinski definition) is 4. The highest BCUT2D eigenvalue weighted by Gasteiger charge is 2.16. The highest BCUT2D eigenvalue weighted by atomic mass is 16.5. The van der Waals surface area contributed by atoms with Crippen LogP contribution in [0.5, 0.6) is 0 Å². The van der Waals surface area contributed by atoms with Crippen molar-refractivity contribution in [2.75, 3.05) is 6.61 Å². The van der Waals surface area contributed by atoms with Crippen LogP contribution in [0.1, 0.15) is 35.8 Å². The number of nitrogens with zero attached hydrogens (tertiary/aromatic N) is 2. The number of esters is 1. The zero-order chi connectivity index (χ0) is 12.8. The van der Waals surface area contributed by atoms with E-state index in [4.69, 9.17) is 9.84 Å². The van der Waals surface area contributed by atoms with Gasteiger partial charge in [0, 0.05) is 25.2 Å². The van der Waals surface area contributed by atoms with E-state index in [0.29, 0.717) is 19.4 Å². The van der Waals surface area contributed by atoms with Crippen LogP contribution in [0.3, 0.4) is 0 Å². The third-order valence-electron chi connectivity index (χ3n) is 2.21. The predicted octanol–water partition coefficient (Wildman–Crippen LogP) is 1.00. The Hall–Kier alpha value is -1.85. The first-order chi connectivity index (χ1) is 8.04. The minimum absolute atomic E-state index is 0.0805. The van der Waals surface area contributed by atoms with Crippen molar-refractivity contribution < 1.29 is 19.4 Å². The number of carboxylic acid groups (broad SMARTS) is 1. The van der Waals surface area contributed by atoms with Crippen molar-refractivity contribution in [2.45, 2.75) is 26.2 Å². The van der Waals surface area contributed by atoms with Crippen molar-refractivity contribution in [3.05, 3.63) is 17.5 Å². The Bertz CT molecular complexity index is 412. The average molecular weight is 240 g/mol. The summed E-state index contributed by atoms with van der Waals surface area (Å²) in [5.74, 6) is -1.30. The van der Waals surface area contributed by atoms with E-state index >= 15 is 0 Å². The lowest BCUT2D eigenvalue weighted by Crippen LogP contribution is -2.08. The first kappa shape index (κ1) is 13.2. The maximum Gasteiger partial charge on any atom is 0.359 e. The summed E-state index contributed by atoms with van der Waals surface area (Å²) in [7, 11) is 1.71. The summed E-state index contributed by atoms with van der Waals surface area (Å²) in [4.78, 5) is 22.0. The zero-order valence-electron chi connectivity index (χ0n) is 9.97. The molecule has 0 spiro atoms. The summed E-state index contributed by atoms with van der Waals surface area (Å²) in [5.41, 5.74) is 1.01. The Morgan fingerprint density at radius 3 is 2.82 bits per heavy atom. The summed E-state index contributed by atoms with van der Waals surface area (Å²) in [6.45, 7) is 2.02. The van der Waals surface area contributed by atoms with Gasteiger partial charge in [0.15, 0.2) is 5.69 Å². The van der Waals surface area contributed by atoms with Crippen LogP contribution in [0.2, 0.25) is 0 Å². The maximum absolute atomic E-state index is 11.6. The van der Waals surface area contributed by atoms with Crippen LogP contribution in [-0.2, 0) is 23.0 Å². The molecule has 0 aliphatic rings. The van der Waals surface area contributed by atoms with Crippen molar-refractivity contribution in [2.24, 2.45) is 7.05 Å². The lowest BCUT2D eigenvalue weighted by atomic mass is 10.1. The van der Waals surface area contributed by atoms with Crippen molar-refractivity contribution in [3.63, 3.8) is 0 Å². The smallest absolute Gasteiger partial charge is 0.359 e. The molecule has 0 saturated heterocycles. The molecule has 0 bridgehead atoms. The van der Waals surface area contributed by atoms with Gasteiger partial charge < -0.3 is 9.84 Å². The summed E-state index contributed by atoms with van der Waals surface area (Å²) in [5, 5.41) is 12.6. The third kappa shape index (κ3) is 3.90. The number of aromatic nitrogens is 2. The van der Waals surface area contributed by atoms with Crippen LogP contribution < -0.4 is 0 Å². The van der Waals surface area contributed by atoms with E-state index in [1.807, 2.05) is 0 Å². The molecule has 94 valence electrons. The van der Waals surface area contributed by atoms with E-state index in [9.17, 15) is 9.59 Å². The average Bonchev–Trinajstić information content (AvgIpc) is 2.59. The lowest BCUT2D eigenvalue weighted by molar-refractivity contribution is -0.137. The molecule has 0 atom stereocenters. The van der Waals surface area contributed by atoms with E-state index in [0.717, 1.165) is 5.56 Å². The van der Waals surface area contributed by atoms with E-state index in [2.05, 4.69) is 5.10 Å². The maximum atomic E-state index is 11.6. The van der Waals surface area contributed by atoms with Crippen molar-refractivity contribution in [1.29, 1.82) is 0 Å². The van der Waals surface area contributed by atoms with Gasteiger partial charge in [-0.3, -0.25) is 9.48 Å². The fourth-order valence-corrected chi connectivity index (χ4v) is 1.52. The van der Waals surface area contributed by atoms with Crippen molar-refractivity contribution in [1.82, 2.24) is 9.78 Å². The normalized spacial score (nSPS) is 10.2. The summed E-state index contributed by atoms with van der Waals surface area (Å²) < 4.78 is 6.41. The Kier molecular flexibility index (Phi) is 4.68. The van der Waals surface area contributed by atoms with E-state index < -0.39 is 11.9 Å². The first-order valence-corrected chi connectivity index (χ1v) is 5.46. The third-order valence-corrected chi connectivity index (χ3v) is 2.21. The van der Waals surface area contributed by atoms with Crippen molar-refractivity contribution in [3.8, 4) is 0 Å². The first-order valence-electron chi connectivity index (χ1n) is 5.46. The van der Waals surface area contributed by atoms with Gasteiger partial charge in [-0.25, -0.2) is 4.79 Å². The van der Waals surface area contributed by atoms with Crippen LogP contribution in [0, 0.1) is 0 Å². The van der Waals surface area contributed by atoms with Gasteiger partial charge >= 0.3 is 11.9 Å². The molecule has 0 radical (unpaired) electrons. The monoisotopic (exact) mass is 240 g/mol. The molecule has 1 rings (SSSR count). The van der Waals surface area contributed by atoms with Gasteiger partial charge in [-0.2, -0.15) is 5.10 Å². The molecule has 0 unspecified atom stereocenters.